The van der Waals surface area contributed by atoms with Crippen LogP contribution in [0.2, 0.25) is 0 Å². The quantitative estimate of drug-likeness (QED) is 0.543. The van der Waals surface area contributed by atoms with E-state index in [9.17, 15) is 13.2 Å². The van der Waals surface area contributed by atoms with Crippen LogP contribution in [-0.2, 0) is 14.8 Å². The van der Waals surface area contributed by atoms with Crippen LogP contribution >= 0.6 is 0 Å². The maximum Gasteiger partial charge on any atom is 0.241 e. The van der Waals surface area contributed by atoms with Crippen LogP contribution in [0.25, 0.3) is 0 Å². The van der Waals surface area contributed by atoms with E-state index in [-0.39, 0.29) is 17.5 Å². The van der Waals surface area contributed by atoms with Crippen LogP contribution in [0.1, 0.15) is 24.9 Å². The van der Waals surface area contributed by atoms with E-state index in [1.807, 2.05) is 13.0 Å². The molecule has 1 amide bonds. The van der Waals surface area contributed by atoms with E-state index in [0.717, 1.165) is 16.1 Å². The zero-order valence-corrected chi connectivity index (χ0v) is 20.0. The van der Waals surface area contributed by atoms with Crippen molar-refractivity contribution in [2.24, 2.45) is 0 Å². The van der Waals surface area contributed by atoms with Crippen molar-refractivity contribution in [1.82, 2.24) is 5.32 Å². The number of carbonyl (C=O) groups excluding carboxylic acids is 1. The second-order valence-corrected chi connectivity index (χ2v) is 8.86. The Morgan fingerprint density at radius 3 is 2.12 bits per heavy atom. The number of sulfonamides is 1. The molecule has 1 N–H and O–H groups in total. The van der Waals surface area contributed by atoms with E-state index in [1.54, 1.807) is 31.4 Å². The summed E-state index contributed by atoms with van der Waals surface area (Å²) in [6, 6.07) is 9.73. The van der Waals surface area contributed by atoms with E-state index >= 15 is 0 Å². The molecule has 10 heteroatoms. The monoisotopic (exact) mass is 466 g/mol. The Kier molecular flexibility index (Phi) is 8.59. The smallest absolute Gasteiger partial charge is 0.241 e. The highest BCUT2D eigenvalue weighted by Crippen LogP contribution is 2.34. The van der Waals surface area contributed by atoms with E-state index in [1.165, 1.54) is 27.4 Å². The number of amides is 1. The first-order valence-electron chi connectivity index (χ1n) is 9.89. The van der Waals surface area contributed by atoms with Crippen LogP contribution in [0, 0.1) is 0 Å². The standard InChI is InChI=1S/C22H30N2O7S/c1-7-17(15-8-11-19(29-3)21(12-15)31-5)23-22(25)14-24(32(6,26)27)18-10-9-16(28-2)13-20(18)30-4/h8-13,17H,7,14H2,1-6H3,(H,23,25). The number of methoxy groups -OCH3 is 4. The Morgan fingerprint density at radius 1 is 0.938 bits per heavy atom. The van der Waals surface area contributed by atoms with Crippen molar-refractivity contribution in [3.63, 3.8) is 0 Å². The zero-order valence-electron chi connectivity index (χ0n) is 19.2. The van der Waals surface area contributed by atoms with Crippen molar-refractivity contribution < 1.29 is 32.2 Å². The third-order valence-corrected chi connectivity index (χ3v) is 6.02. The van der Waals surface area contributed by atoms with Crippen LogP contribution in [0.3, 0.4) is 0 Å². The molecule has 2 aromatic rings. The summed E-state index contributed by atoms with van der Waals surface area (Å²) in [5.41, 5.74) is 1.05. The van der Waals surface area contributed by atoms with E-state index in [0.29, 0.717) is 23.7 Å². The second kappa shape index (κ2) is 10.9. The fourth-order valence-corrected chi connectivity index (χ4v) is 4.09. The molecule has 2 rings (SSSR count). The summed E-state index contributed by atoms with van der Waals surface area (Å²) in [6.07, 6.45) is 1.63. The summed E-state index contributed by atoms with van der Waals surface area (Å²) in [5, 5.41) is 2.90. The van der Waals surface area contributed by atoms with E-state index in [2.05, 4.69) is 5.32 Å². The lowest BCUT2D eigenvalue weighted by Crippen LogP contribution is -2.41. The summed E-state index contributed by atoms with van der Waals surface area (Å²) in [5.74, 6) is 1.43. The van der Waals surface area contributed by atoms with Gasteiger partial charge in [-0.15, -0.1) is 0 Å². The van der Waals surface area contributed by atoms with Gasteiger partial charge in [0.05, 0.1) is 46.4 Å². The number of benzene rings is 2. The van der Waals surface area contributed by atoms with E-state index in [4.69, 9.17) is 18.9 Å². The van der Waals surface area contributed by atoms with Crippen molar-refractivity contribution in [3.8, 4) is 23.0 Å². The lowest BCUT2D eigenvalue weighted by Gasteiger charge is -2.25. The van der Waals surface area contributed by atoms with Gasteiger partial charge in [-0.05, 0) is 36.2 Å². The van der Waals surface area contributed by atoms with E-state index < -0.39 is 22.5 Å². The van der Waals surface area contributed by atoms with Gasteiger partial charge in [0.15, 0.2) is 11.5 Å². The average Bonchev–Trinajstić information content (AvgIpc) is 2.79. The summed E-state index contributed by atoms with van der Waals surface area (Å²) < 4.78 is 47.1. The lowest BCUT2D eigenvalue weighted by molar-refractivity contribution is -0.120. The minimum absolute atomic E-state index is 0.241. The van der Waals surface area contributed by atoms with Crippen LogP contribution in [0.15, 0.2) is 36.4 Å². The van der Waals surface area contributed by atoms with Crippen molar-refractivity contribution in [2.45, 2.75) is 19.4 Å². The minimum atomic E-state index is -3.78. The van der Waals surface area contributed by atoms with Gasteiger partial charge in [-0.1, -0.05) is 13.0 Å². The molecule has 0 saturated carbocycles. The van der Waals surface area contributed by atoms with Crippen LogP contribution in [0.4, 0.5) is 5.69 Å². The van der Waals surface area contributed by atoms with Crippen molar-refractivity contribution in [1.29, 1.82) is 0 Å². The molecule has 0 fully saturated rings. The molecule has 0 radical (unpaired) electrons. The van der Waals surface area contributed by atoms with Crippen molar-refractivity contribution in [2.75, 3.05) is 45.5 Å². The van der Waals surface area contributed by atoms with Gasteiger partial charge < -0.3 is 24.3 Å². The van der Waals surface area contributed by atoms with Gasteiger partial charge in [-0.3, -0.25) is 9.10 Å². The molecule has 0 bridgehead atoms. The van der Waals surface area contributed by atoms with Gasteiger partial charge in [0.1, 0.15) is 18.0 Å². The molecule has 32 heavy (non-hydrogen) atoms. The lowest BCUT2D eigenvalue weighted by atomic mass is 10.0. The average molecular weight is 467 g/mol. The fraction of sp³-hybridized carbons (Fsp3) is 0.409. The number of nitrogens with one attached hydrogen (secondary N) is 1. The Balaban J connectivity index is 2.29. The SMILES string of the molecule is CCC(NC(=O)CN(c1ccc(OC)cc1OC)S(C)(=O)=O)c1ccc(OC)c(OC)c1. The van der Waals surface area contributed by atoms with Gasteiger partial charge in [-0.2, -0.15) is 0 Å². The number of rotatable bonds is 11. The third kappa shape index (κ3) is 5.97. The number of ether oxygens (including phenoxy) is 4. The third-order valence-electron chi connectivity index (χ3n) is 4.90. The first-order valence-corrected chi connectivity index (χ1v) is 11.7. The molecule has 0 aliphatic heterocycles. The summed E-state index contributed by atoms with van der Waals surface area (Å²) in [4.78, 5) is 12.9. The highest BCUT2D eigenvalue weighted by molar-refractivity contribution is 7.92. The van der Waals surface area contributed by atoms with Crippen LogP contribution in [-0.4, -0.2) is 55.6 Å². The minimum Gasteiger partial charge on any atom is -0.497 e. The number of carbonyl (C=O) groups is 1. The highest BCUT2D eigenvalue weighted by atomic mass is 32.2. The zero-order chi connectivity index (χ0) is 23.9. The first kappa shape index (κ1) is 25.1. The van der Waals surface area contributed by atoms with Gasteiger partial charge in [0.25, 0.3) is 0 Å². The maximum atomic E-state index is 12.9. The number of nitrogens with zero attached hydrogens (tertiary/aromatic N) is 1. The normalized spacial score (nSPS) is 11.9. The largest absolute Gasteiger partial charge is 0.497 e. The predicted molar refractivity (Wildman–Crippen MR) is 122 cm³/mol. The Bertz CT molecular complexity index is 1040. The van der Waals surface area contributed by atoms with Crippen LogP contribution < -0.4 is 28.6 Å². The maximum absolute atomic E-state index is 12.9. The molecular weight excluding hydrogens is 436 g/mol. The molecular formula is C22H30N2O7S. The van der Waals surface area contributed by atoms with Gasteiger partial charge in [-0.25, -0.2) is 8.42 Å². The molecule has 176 valence electrons. The Hall–Kier alpha value is -3.14. The van der Waals surface area contributed by atoms with Gasteiger partial charge in [0.2, 0.25) is 15.9 Å². The Morgan fingerprint density at radius 2 is 1.59 bits per heavy atom. The molecule has 0 aliphatic carbocycles. The topological polar surface area (TPSA) is 103 Å². The number of hydrogen-bond acceptors (Lipinski definition) is 7. The van der Waals surface area contributed by atoms with Crippen molar-refractivity contribution in [3.05, 3.63) is 42.0 Å². The molecule has 0 saturated heterocycles. The van der Waals surface area contributed by atoms with Crippen molar-refractivity contribution >= 4 is 21.6 Å². The fourth-order valence-electron chi connectivity index (χ4n) is 3.23. The van der Waals surface area contributed by atoms with Gasteiger partial charge in [0, 0.05) is 6.07 Å². The molecule has 1 atom stereocenters. The predicted octanol–water partition coefficient (Wildman–Crippen LogP) is 2.75. The first-order chi connectivity index (χ1) is 15.2. The number of anilines is 1. The summed E-state index contributed by atoms with van der Waals surface area (Å²) in [7, 11) is 2.22. The molecule has 9 nitrogen and oxygen atoms in total. The van der Waals surface area contributed by atoms with Crippen LogP contribution in [0.5, 0.6) is 23.0 Å². The molecule has 2 aromatic carbocycles. The number of hydrogen-bond donors (Lipinski definition) is 1. The second-order valence-electron chi connectivity index (χ2n) is 6.95. The molecule has 0 aliphatic rings. The summed E-state index contributed by atoms with van der Waals surface area (Å²) in [6.45, 7) is 1.51. The molecule has 0 aromatic heterocycles. The Labute approximate surface area is 189 Å². The molecule has 0 spiro atoms. The summed E-state index contributed by atoms with van der Waals surface area (Å²) >= 11 is 0. The molecule has 0 heterocycles. The highest BCUT2D eigenvalue weighted by Gasteiger charge is 2.25. The van der Waals surface area contributed by atoms with Gasteiger partial charge >= 0.3 is 0 Å². The molecule has 1 unspecified atom stereocenters.